The minimum atomic E-state index is -0.634. The molecule has 0 aliphatic carbocycles. The third-order valence-electron chi connectivity index (χ3n) is 1.77. The van der Waals surface area contributed by atoms with Crippen LogP contribution in [0.15, 0.2) is 12.1 Å². The lowest BCUT2D eigenvalue weighted by atomic mass is 10.1. The number of alkyl halides is 1. The van der Waals surface area contributed by atoms with Crippen molar-refractivity contribution in [3.63, 3.8) is 0 Å². The molecule has 0 spiro atoms. The van der Waals surface area contributed by atoms with Crippen molar-refractivity contribution in [2.45, 2.75) is 11.8 Å². The summed E-state index contributed by atoms with van der Waals surface area (Å²) in [6.07, 6.45) is 0.730. The first-order valence-corrected chi connectivity index (χ1v) is 4.67. The summed E-state index contributed by atoms with van der Waals surface area (Å²) in [4.78, 5) is 10.2. The number of carbonyl (C=O) groups excluding carboxylic acids is 1. The molecule has 1 aromatic carbocycles. The van der Waals surface area contributed by atoms with Crippen LogP contribution in [0.4, 0.5) is 0 Å². The van der Waals surface area contributed by atoms with E-state index in [1.165, 1.54) is 12.1 Å². The van der Waals surface area contributed by atoms with Gasteiger partial charge >= 0.3 is 0 Å². The van der Waals surface area contributed by atoms with E-state index in [0.29, 0.717) is 11.8 Å². The lowest BCUT2D eigenvalue weighted by Crippen LogP contribution is -1.92. The SMILES string of the molecule is O=CCC(Cl)c1ccc(O)c(Cl)c1O. The second-order valence-corrected chi connectivity index (χ2v) is 3.61. The quantitative estimate of drug-likeness (QED) is 0.625. The smallest absolute Gasteiger partial charge is 0.142 e. The van der Waals surface area contributed by atoms with Crippen molar-refractivity contribution >= 4 is 29.5 Å². The molecule has 14 heavy (non-hydrogen) atoms. The Hall–Kier alpha value is -0.930. The van der Waals surface area contributed by atoms with Gasteiger partial charge in [0.15, 0.2) is 0 Å². The van der Waals surface area contributed by atoms with Crippen molar-refractivity contribution in [3.05, 3.63) is 22.7 Å². The van der Waals surface area contributed by atoms with E-state index in [9.17, 15) is 9.90 Å². The molecule has 76 valence electrons. The molecule has 0 fully saturated rings. The summed E-state index contributed by atoms with van der Waals surface area (Å²) in [6.45, 7) is 0. The molecule has 0 heterocycles. The maximum absolute atomic E-state index is 10.2. The number of phenols is 2. The number of carbonyl (C=O) groups is 1. The van der Waals surface area contributed by atoms with Crippen molar-refractivity contribution < 1.29 is 15.0 Å². The number of aldehydes is 1. The average molecular weight is 235 g/mol. The Bertz CT molecular complexity index is 352. The maximum Gasteiger partial charge on any atom is 0.142 e. The Morgan fingerprint density at radius 3 is 2.64 bits per heavy atom. The predicted molar refractivity (Wildman–Crippen MR) is 54.1 cm³/mol. The number of hydrogen-bond acceptors (Lipinski definition) is 3. The highest BCUT2D eigenvalue weighted by Crippen LogP contribution is 2.40. The standard InChI is InChI=1S/C9H8Cl2O3/c10-6(3-4-12)5-1-2-7(13)8(11)9(5)14/h1-2,4,6,13-14H,3H2. The van der Waals surface area contributed by atoms with Crippen LogP contribution >= 0.6 is 23.2 Å². The molecule has 1 unspecified atom stereocenters. The topological polar surface area (TPSA) is 57.5 Å². The maximum atomic E-state index is 10.2. The zero-order valence-corrected chi connectivity index (χ0v) is 8.59. The lowest BCUT2D eigenvalue weighted by molar-refractivity contribution is -0.107. The van der Waals surface area contributed by atoms with E-state index in [1.54, 1.807) is 0 Å². The van der Waals surface area contributed by atoms with Crippen LogP contribution in [0.25, 0.3) is 0 Å². The number of halogens is 2. The van der Waals surface area contributed by atoms with Gasteiger partial charge < -0.3 is 15.0 Å². The van der Waals surface area contributed by atoms with E-state index in [-0.39, 0.29) is 22.9 Å². The van der Waals surface area contributed by atoms with Crippen molar-refractivity contribution in [2.24, 2.45) is 0 Å². The van der Waals surface area contributed by atoms with Crippen LogP contribution in [0.3, 0.4) is 0 Å². The molecule has 0 radical (unpaired) electrons. The Labute approximate surface area is 90.9 Å². The fourth-order valence-electron chi connectivity index (χ4n) is 1.03. The van der Waals surface area contributed by atoms with Crippen LogP contribution in [-0.2, 0) is 4.79 Å². The first-order chi connectivity index (χ1) is 6.57. The summed E-state index contributed by atoms with van der Waals surface area (Å²) in [7, 11) is 0. The van der Waals surface area contributed by atoms with Gasteiger partial charge in [-0.05, 0) is 6.07 Å². The Morgan fingerprint density at radius 2 is 2.07 bits per heavy atom. The largest absolute Gasteiger partial charge is 0.506 e. The Morgan fingerprint density at radius 1 is 1.43 bits per heavy atom. The molecule has 2 N–H and O–H groups in total. The number of rotatable bonds is 3. The lowest BCUT2D eigenvalue weighted by Gasteiger charge is -2.10. The van der Waals surface area contributed by atoms with Crippen LogP contribution in [0.5, 0.6) is 11.5 Å². The molecule has 5 heteroatoms. The van der Waals surface area contributed by atoms with E-state index in [1.807, 2.05) is 0 Å². The number of aromatic hydroxyl groups is 2. The molecule has 1 rings (SSSR count). The number of hydrogen-bond donors (Lipinski definition) is 2. The summed E-state index contributed by atoms with van der Waals surface area (Å²) in [5.41, 5.74) is 0.335. The van der Waals surface area contributed by atoms with Crippen LogP contribution < -0.4 is 0 Å². The van der Waals surface area contributed by atoms with E-state index < -0.39 is 5.38 Å². The molecule has 1 aromatic rings. The van der Waals surface area contributed by atoms with Gasteiger partial charge in [0.2, 0.25) is 0 Å². The van der Waals surface area contributed by atoms with Gasteiger partial charge in [-0.3, -0.25) is 0 Å². The van der Waals surface area contributed by atoms with Crippen molar-refractivity contribution in [2.75, 3.05) is 0 Å². The summed E-state index contributed by atoms with van der Waals surface area (Å²) in [5, 5.41) is 17.8. The zero-order valence-electron chi connectivity index (χ0n) is 7.08. The molecule has 0 saturated heterocycles. The normalized spacial score (nSPS) is 12.4. The predicted octanol–water partition coefficient (Wildman–Crippen LogP) is 2.62. The summed E-state index contributed by atoms with van der Waals surface area (Å²) >= 11 is 11.4. The minimum absolute atomic E-state index is 0.0796. The van der Waals surface area contributed by atoms with Gasteiger partial charge in [-0.1, -0.05) is 17.7 Å². The summed E-state index contributed by atoms with van der Waals surface area (Å²) in [5.74, 6) is -0.503. The first kappa shape index (κ1) is 11.1. The first-order valence-electron chi connectivity index (χ1n) is 3.86. The van der Waals surface area contributed by atoms with E-state index in [4.69, 9.17) is 28.3 Å². The van der Waals surface area contributed by atoms with Crippen molar-refractivity contribution in [3.8, 4) is 11.5 Å². The Balaban J connectivity index is 3.10. The van der Waals surface area contributed by atoms with Gasteiger partial charge in [-0.15, -0.1) is 11.6 Å². The monoisotopic (exact) mass is 234 g/mol. The summed E-state index contributed by atoms with van der Waals surface area (Å²) < 4.78 is 0. The fraction of sp³-hybridized carbons (Fsp3) is 0.222. The van der Waals surface area contributed by atoms with Crippen LogP contribution in [-0.4, -0.2) is 16.5 Å². The third-order valence-corrected chi connectivity index (χ3v) is 2.55. The minimum Gasteiger partial charge on any atom is -0.506 e. The molecule has 0 aromatic heterocycles. The fourth-order valence-corrected chi connectivity index (χ4v) is 1.45. The molecular weight excluding hydrogens is 227 g/mol. The highest BCUT2D eigenvalue weighted by Gasteiger charge is 2.16. The molecule has 0 aliphatic rings. The molecular formula is C9H8Cl2O3. The number of phenolic OH excluding ortho intramolecular Hbond substituents is 2. The second-order valence-electron chi connectivity index (χ2n) is 2.71. The van der Waals surface area contributed by atoms with Gasteiger partial charge in [-0.2, -0.15) is 0 Å². The van der Waals surface area contributed by atoms with Crippen LogP contribution in [0.2, 0.25) is 5.02 Å². The highest BCUT2D eigenvalue weighted by atomic mass is 35.5. The van der Waals surface area contributed by atoms with Crippen LogP contribution in [0, 0.1) is 0 Å². The molecule has 0 amide bonds. The van der Waals surface area contributed by atoms with Gasteiger partial charge in [0.1, 0.15) is 22.8 Å². The van der Waals surface area contributed by atoms with Crippen molar-refractivity contribution in [1.29, 1.82) is 0 Å². The molecule has 3 nitrogen and oxygen atoms in total. The van der Waals surface area contributed by atoms with E-state index >= 15 is 0 Å². The van der Waals surface area contributed by atoms with E-state index in [2.05, 4.69) is 0 Å². The van der Waals surface area contributed by atoms with Crippen molar-refractivity contribution in [1.82, 2.24) is 0 Å². The van der Waals surface area contributed by atoms with Gasteiger partial charge in [-0.25, -0.2) is 0 Å². The van der Waals surface area contributed by atoms with Crippen LogP contribution in [0.1, 0.15) is 17.4 Å². The summed E-state index contributed by atoms with van der Waals surface area (Å²) in [6, 6.07) is 2.75. The molecule has 0 aliphatic heterocycles. The second kappa shape index (κ2) is 4.53. The average Bonchev–Trinajstić information content (AvgIpc) is 2.15. The molecule has 0 saturated carbocycles. The van der Waals surface area contributed by atoms with E-state index in [0.717, 1.165) is 0 Å². The molecule has 0 bridgehead atoms. The third kappa shape index (κ3) is 2.11. The Kier molecular flexibility index (Phi) is 3.61. The highest BCUT2D eigenvalue weighted by molar-refractivity contribution is 6.33. The number of benzene rings is 1. The van der Waals surface area contributed by atoms with Gasteiger partial charge in [0.05, 0.1) is 5.38 Å². The van der Waals surface area contributed by atoms with Gasteiger partial charge in [0.25, 0.3) is 0 Å². The van der Waals surface area contributed by atoms with Gasteiger partial charge in [0, 0.05) is 12.0 Å². The molecule has 1 atom stereocenters. The zero-order chi connectivity index (χ0) is 10.7.